The quantitative estimate of drug-likeness (QED) is 0.695. The number of terminal acetylenes is 1. The van der Waals surface area contributed by atoms with Gasteiger partial charge in [-0.05, 0) is 18.3 Å². The van der Waals surface area contributed by atoms with Gasteiger partial charge in [0.05, 0.1) is 12.0 Å². The third-order valence-electron chi connectivity index (χ3n) is 2.61. The summed E-state index contributed by atoms with van der Waals surface area (Å²) in [6, 6.07) is -0.165. The van der Waals surface area contributed by atoms with E-state index in [9.17, 15) is 4.79 Å². The minimum Gasteiger partial charge on any atom is -0.342 e. The van der Waals surface area contributed by atoms with Gasteiger partial charge >= 0.3 is 0 Å². The summed E-state index contributed by atoms with van der Waals surface area (Å²) < 4.78 is 0. The Bertz CT molecular complexity index is 273. The number of nitrogens with two attached hydrogens (primary N) is 1. The predicted molar refractivity (Wildman–Crippen MR) is 72.3 cm³/mol. The van der Waals surface area contributed by atoms with Gasteiger partial charge in [0.25, 0.3) is 0 Å². The lowest BCUT2D eigenvalue weighted by Gasteiger charge is -2.25. The number of carbonyl (C=O) groups is 1. The number of nitrogens with one attached hydrogen (secondary N) is 1. The average Bonchev–Trinajstić information content (AvgIpc) is 2.23. The SMILES string of the molecule is C#CC(CCC)NC(=O)C(CN)CC(C)(C)C. The Balaban J connectivity index is 4.40. The van der Waals surface area contributed by atoms with Crippen molar-refractivity contribution in [2.45, 2.75) is 53.0 Å². The van der Waals surface area contributed by atoms with Gasteiger partial charge in [0.15, 0.2) is 0 Å². The molecule has 0 saturated heterocycles. The molecule has 0 aromatic heterocycles. The van der Waals surface area contributed by atoms with Crippen molar-refractivity contribution in [3.05, 3.63) is 0 Å². The van der Waals surface area contributed by atoms with Crippen LogP contribution in [0.2, 0.25) is 0 Å². The number of amides is 1. The van der Waals surface area contributed by atoms with Crippen LogP contribution in [0.1, 0.15) is 47.0 Å². The molecular weight excluding hydrogens is 212 g/mol. The molecule has 0 bridgehead atoms. The third-order valence-corrected chi connectivity index (χ3v) is 2.61. The molecule has 3 N–H and O–H groups in total. The fraction of sp³-hybridized carbons (Fsp3) is 0.786. The lowest BCUT2D eigenvalue weighted by Crippen LogP contribution is -2.42. The standard InChI is InChI=1S/C14H26N2O/c1-6-8-12(7-2)16-13(17)11(10-15)9-14(3,4)5/h2,11-12H,6,8-10,15H2,1,3-5H3,(H,16,17). The molecule has 98 valence electrons. The van der Waals surface area contributed by atoms with Crippen LogP contribution in [0.3, 0.4) is 0 Å². The van der Waals surface area contributed by atoms with E-state index >= 15 is 0 Å². The van der Waals surface area contributed by atoms with E-state index in [1.54, 1.807) is 0 Å². The molecule has 3 heteroatoms. The van der Waals surface area contributed by atoms with Crippen LogP contribution in [0, 0.1) is 23.7 Å². The van der Waals surface area contributed by atoms with Crippen LogP contribution in [-0.2, 0) is 4.79 Å². The first-order valence-corrected chi connectivity index (χ1v) is 6.30. The molecule has 0 saturated carbocycles. The molecule has 0 aromatic rings. The molecule has 0 aliphatic rings. The summed E-state index contributed by atoms with van der Waals surface area (Å²) in [6.07, 6.45) is 7.93. The summed E-state index contributed by atoms with van der Waals surface area (Å²) in [5.41, 5.74) is 5.75. The van der Waals surface area contributed by atoms with Crippen molar-refractivity contribution in [2.75, 3.05) is 6.54 Å². The molecule has 17 heavy (non-hydrogen) atoms. The zero-order chi connectivity index (χ0) is 13.5. The van der Waals surface area contributed by atoms with Gasteiger partial charge in [0, 0.05) is 6.54 Å². The van der Waals surface area contributed by atoms with Crippen LogP contribution < -0.4 is 11.1 Å². The van der Waals surface area contributed by atoms with Gasteiger partial charge in [-0.25, -0.2) is 0 Å². The van der Waals surface area contributed by atoms with Crippen LogP contribution in [0.4, 0.5) is 0 Å². The highest BCUT2D eigenvalue weighted by Crippen LogP contribution is 2.24. The fourth-order valence-electron chi connectivity index (χ4n) is 1.80. The topological polar surface area (TPSA) is 55.1 Å². The van der Waals surface area contributed by atoms with Crippen LogP contribution in [-0.4, -0.2) is 18.5 Å². The average molecular weight is 238 g/mol. The van der Waals surface area contributed by atoms with E-state index in [1.807, 2.05) is 6.92 Å². The molecular formula is C14H26N2O. The maximum atomic E-state index is 12.0. The molecule has 0 fully saturated rings. The second-order valence-electron chi connectivity index (χ2n) is 5.71. The van der Waals surface area contributed by atoms with Crippen LogP contribution in [0.5, 0.6) is 0 Å². The lowest BCUT2D eigenvalue weighted by molar-refractivity contribution is -0.126. The molecule has 2 unspecified atom stereocenters. The first-order chi connectivity index (χ1) is 7.84. The van der Waals surface area contributed by atoms with E-state index < -0.39 is 0 Å². The minimum atomic E-state index is -0.165. The zero-order valence-electron chi connectivity index (χ0n) is 11.5. The Morgan fingerprint density at radius 1 is 1.47 bits per heavy atom. The van der Waals surface area contributed by atoms with Crippen molar-refractivity contribution in [3.8, 4) is 12.3 Å². The van der Waals surface area contributed by atoms with Crippen molar-refractivity contribution in [3.63, 3.8) is 0 Å². The lowest BCUT2D eigenvalue weighted by atomic mass is 9.84. The van der Waals surface area contributed by atoms with Gasteiger partial charge in [-0.3, -0.25) is 4.79 Å². The summed E-state index contributed by atoms with van der Waals surface area (Å²) in [7, 11) is 0. The Morgan fingerprint density at radius 2 is 2.06 bits per heavy atom. The minimum absolute atomic E-state index is 0.0150. The molecule has 1 amide bonds. The summed E-state index contributed by atoms with van der Waals surface area (Å²) in [4.78, 5) is 12.0. The maximum absolute atomic E-state index is 12.0. The highest BCUT2D eigenvalue weighted by Gasteiger charge is 2.24. The maximum Gasteiger partial charge on any atom is 0.225 e. The van der Waals surface area contributed by atoms with Gasteiger partial charge in [-0.2, -0.15) is 0 Å². The van der Waals surface area contributed by atoms with Crippen LogP contribution in [0.25, 0.3) is 0 Å². The fourth-order valence-corrected chi connectivity index (χ4v) is 1.80. The third kappa shape index (κ3) is 7.01. The smallest absolute Gasteiger partial charge is 0.225 e. The Hall–Kier alpha value is -1.01. The van der Waals surface area contributed by atoms with Gasteiger partial charge in [-0.1, -0.05) is 40.0 Å². The van der Waals surface area contributed by atoms with Crippen molar-refractivity contribution in [1.82, 2.24) is 5.32 Å². The summed E-state index contributed by atoms with van der Waals surface area (Å²) >= 11 is 0. The summed E-state index contributed by atoms with van der Waals surface area (Å²) in [6.45, 7) is 8.73. The molecule has 0 radical (unpaired) electrons. The van der Waals surface area contributed by atoms with E-state index in [1.165, 1.54) is 0 Å². The van der Waals surface area contributed by atoms with E-state index in [0.29, 0.717) is 6.54 Å². The van der Waals surface area contributed by atoms with Gasteiger partial charge in [0.2, 0.25) is 5.91 Å². The molecule has 0 spiro atoms. The Morgan fingerprint density at radius 3 is 2.41 bits per heavy atom. The van der Waals surface area contributed by atoms with Crippen molar-refractivity contribution < 1.29 is 4.79 Å². The largest absolute Gasteiger partial charge is 0.342 e. The van der Waals surface area contributed by atoms with Crippen molar-refractivity contribution in [2.24, 2.45) is 17.1 Å². The molecule has 0 aliphatic carbocycles. The number of carbonyl (C=O) groups excluding carboxylic acids is 1. The number of hydrogen-bond donors (Lipinski definition) is 2. The Labute approximate surface area is 106 Å². The molecule has 2 atom stereocenters. The molecule has 3 nitrogen and oxygen atoms in total. The highest BCUT2D eigenvalue weighted by molar-refractivity contribution is 5.79. The highest BCUT2D eigenvalue weighted by atomic mass is 16.1. The van der Waals surface area contributed by atoms with Crippen LogP contribution in [0.15, 0.2) is 0 Å². The summed E-state index contributed by atoms with van der Waals surface area (Å²) in [5, 5.41) is 2.89. The Kier molecular flexibility index (Phi) is 6.91. The first kappa shape index (κ1) is 16.0. The normalized spacial score (nSPS) is 14.8. The summed E-state index contributed by atoms with van der Waals surface area (Å²) in [5.74, 6) is 2.44. The monoisotopic (exact) mass is 238 g/mol. The number of hydrogen-bond acceptors (Lipinski definition) is 2. The molecule has 0 aliphatic heterocycles. The van der Waals surface area contributed by atoms with E-state index in [2.05, 4.69) is 32.0 Å². The van der Waals surface area contributed by atoms with Gasteiger partial charge < -0.3 is 11.1 Å². The van der Waals surface area contributed by atoms with Gasteiger partial charge in [0.1, 0.15) is 0 Å². The first-order valence-electron chi connectivity index (χ1n) is 6.30. The molecule has 0 aromatic carbocycles. The molecule has 0 rings (SSSR count). The van der Waals surface area contributed by atoms with Crippen molar-refractivity contribution in [1.29, 1.82) is 0 Å². The predicted octanol–water partition coefficient (Wildman–Crippen LogP) is 1.92. The van der Waals surface area contributed by atoms with E-state index in [0.717, 1.165) is 19.3 Å². The molecule has 0 heterocycles. The van der Waals surface area contributed by atoms with Crippen LogP contribution >= 0.6 is 0 Å². The second kappa shape index (κ2) is 7.34. The zero-order valence-corrected chi connectivity index (χ0v) is 11.5. The van der Waals surface area contributed by atoms with E-state index in [4.69, 9.17) is 12.2 Å². The second-order valence-corrected chi connectivity index (χ2v) is 5.71. The van der Waals surface area contributed by atoms with E-state index in [-0.39, 0.29) is 23.3 Å². The van der Waals surface area contributed by atoms with Crippen molar-refractivity contribution >= 4 is 5.91 Å². The number of rotatable bonds is 6. The van der Waals surface area contributed by atoms with Gasteiger partial charge in [-0.15, -0.1) is 6.42 Å².